The van der Waals surface area contributed by atoms with Gasteiger partial charge in [-0.15, -0.1) is 12.4 Å². The van der Waals surface area contributed by atoms with Crippen molar-refractivity contribution >= 4 is 18.5 Å². The maximum atomic E-state index is 11.8. The molecule has 19 heavy (non-hydrogen) atoms. The SMILES string of the molecule is CC(C)(C)OC(=O)N1CC(CC2CCCNC2)C1.Cl. The number of amides is 1. The second-order valence-electron chi connectivity index (χ2n) is 6.70. The zero-order chi connectivity index (χ0) is 13.2. The average Bonchev–Trinajstić information content (AvgIpc) is 2.21. The first-order valence-corrected chi connectivity index (χ1v) is 7.13. The minimum absolute atomic E-state index is 0. The molecule has 2 aliphatic heterocycles. The molecule has 112 valence electrons. The Morgan fingerprint density at radius 1 is 1.32 bits per heavy atom. The summed E-state index contributed by atoms with van der Waals surface area (Å²) in [5.41, 5.74) is -0.380. The van der Waals surface area contributed by atoms with Crippen LogP contribution in [0.4, 0.5) is 4.79 Å². The number of nitrogens with zero attached hydrogens (tertiary/aromatic N) is 1. The van der Waals surface area contributed by atoms with Gasteiger partial charge in [0, 0.05) is 13.1 Å². The standard InChI is InChI=1S/C14H26N2O2.ClH/c1-14(2,3)18-13(17)16-9-12(10-16)7-11-5-4-6-15-8-11;/h11-12,15H,4-10H2,1-3H3;1H. The van der Waals surface area contributed by atoms with E-state index in [4.69, 9.17) is 4.74 Å². The van der Waals surface area contributed by atoms with E-state index in [1.54, 1.807) is 0 Å². The Balaban J connectivity index is 0.00000180. The number of rotatable bonds is 2. The molecule has 1 N–H and O–H groups in total. The normalized spacial score (nSPS) is 24.4. The molecule has 2 fully saturated rings. The summed E-state index contributed by atoms with van der Waals surface area (Å²) in [7, 11) is 0. The molecule has 0 aromatic rings. The molecule has 0 aliphatic carbocycles. The number of hydrogen-bond donors (Lipinski definition) is 1. The number of ether oxygens (including phenoxy) is 1. The molecule has 0 radical (unpaired) electrons. The van der Waals surface area contributed by atoms with Crippen molar-refractivity contribution in [3.63, 3.8) is 0 Å². The molecule has 2 heterocycles. The molecule has 0 saturated carbocycles. The highest BCUT2D eigenvalue weighted by Gasteiger charge is 2.34. The van der Waals surface area contributed by atoms with Crippen LogP contribution in [0.5, 0.6) is 0 Å². The Kier molecular flexibility index (Phi) is 5.93. The fourth-order valence-corrected chi connectivity index (χ4v) is 2.79. The molecule has 4 nitrogen and oxygen atoms in total. The van der Waals surface area contributed by atoms with E-state index in [2.05, 4.69) is 5.32 Å². The molecule has 0 bridgehead atoms. The summed E-state index contributed by atoms with van der Waals surface area (Å²) in [6.07, 6.45) is 3.75. The predicted octanol–water partition coefficient (Wildman–Crippen LogP) is 2.66. The highest BCUT2D eigenvalue weighted by molar-refractivity contribution is 5.85. The topological polar surface area (TPSA) is 41.6 Å². The van der Waals surface area contributed by atoms with Crippen molar-refractivity contribution in [2.24, 2.45) is 11.8 Å². The summed E-state index contributed by atoms with van der Waals surface area (Å²) >= 11 is 0. The number of carbonyl (C=O) groups is 1. The summed E-state index contributed by atoms with van der Waals surface area (Å²) in [5.74, 6) is 1.49. The Morgan fingerprint density at radius 2 is 2.00 bits per heavy atom. The zero-order valence-corrected chi connectivity index (χ0v) is 13.1. The van der Waals surface area contributed by atoms with E-state index < -0.39 is 0 Å². The van der Waals surface area contributed by atoms with Crippen molar-refractivity contribution < 1.29 is 9.53 Å². The molecule has 2 saturated heterocycles. The number of nitrogens with one attached hydrogen (secondary N) is 1. The maximum Gasteiger partial charge on any atom is 0.410 e. The third-order valence-corrected chi connectivity index (χ3v) is 3.67. The number of piperidine rings is 1. The highest BCUT2D eigenvalue weighted by Crippen LogP contribution is 2.27. The fraction of sp³-hybridized carbons (Fsp3) is 0.929. The van der Waals surface area contributed by atoms with Gasteiger partial charge in [0.2, 0.25) is 0 Å². The van der Waals surface area contributed by atoms with Crippen LogP contribution in [0, 0.1) is 11.8 Å². The second kappa shape index (κ2) is 6.80. The van der Waals surface area contributed by atoms with Gasteiger partial charge in [0.25, 0.3) is 0 Å². The Bertz CT molecular complexity index is 292. The number of likely N-dealkylation sites (tertiary alicyclic amines) is 1. The van der Waals surface area contributed by atoms with Crippen molar-refractivity contribution in [3.8, 4) is 0 Å². The molecule has 1 amide bonds. The van der Waals surface area contributed by atoms with Crippen LogP contribution in [0.2, 0.25) is 0 Å². The lowest BCUT2D eigenvalue weighted by atomic mass is 9.85. The van der Waals surface area contributed by atoms with E-state index in [-0.39, 0.29) is 24.1 Å². The Labute approximate surface area is 122 Å². The van der Waals surface area contributed by atoms with Gasteiger partial charge in [-0.3, -0.25) is 0 Å². The molecule has 0 aromatic heterocycles. The van der Waals surface area contributed by atoms with Crippen LogP contribution in [0.15, 0.2) is 0 Å². The third-order valence-electron chi connectivity index (χ3n) is 3.67. The van der Waals surface area contributed by atoms with E-state index in [9.17, 15) is 4.79 Å². The van der Waals surface area contributed by atoms with Crippen molar-refractivity contribution in [2.75, 3.05) is 26.2 Å². The molecular formula is C14H27ClN2O2. The van der Waals surface area contributed by atoms with Gasteiger partial charge in [0.15, 0.2) is 0 Å². The second-order valence-corrected chi connectivity index (χ2v) is 6.70. The number of carbonyl (C=O) groups excluding carboxylic acids is 1. The van der Waals surface area contributed by atoms with Crippen LogP contribution in [-0.4, -0.2) is 42.8 Å². The minimum atomic E-state index is -0.380. The van der Waals surface area contributed by atoms with Crippen LogP contribution in [0.25, 0.3) is 0 Å². The first kappa shape index (κ1) is 16.6. The average molecular weight is 291 g/mol. The molecule has 2 aliphatic rings. The highest BCUT2D eigenvalue weighted by atomic mass is 35.5. The number of halogens is 1. The monoisotopic (exact) mass is 290 g/mol. The number of hydrogen-bond acceptors (Lipinski definition) is 3. The van der Waals surface area contributed by atoms with Crippen molar-refractivity contribution in [1.29, 1.82) is 0 Å². The summed E-state index contributed by atoms with van der Waals surface area (Å²) in [6.45, 7) is 9.83. The van der Waals surface area contributed by atoms with Gasteiger partial charge in [0.05, 0.1) is 0 Å². The van der Waals surface area contributed by atoms with E-state index in [0.29, 0.717) is 5.92 Å². The molecule has 1 atom stereocenters. The van der Waals surface area contributed by atoms with Crippen molar-refractivity contribution in [3.05, 3.63) is 0 Å². The summed E-state index contributed by atoms with van der Waals surface area (Å²) in [6, 6.07) is 0. The van der Waals surface area contributed by atoms with Gasteiger partial charge >= 0.3 is 6.09 Å². The van der Waals surface area contributed by atoms with Crippen molar-refractivity contribution in [2.45, 2.75) is 45.6 Å². The van der Waals surface area contributed by atoms with Gasteiger partial charge in [0.1, 0.15) is 5.60 Å². The molecule has 1 unspecified atom stereocenters. The van der Waals surface area contributed by atoms with Crippen LogP contribution >= 0.6 is 12.4 Å². The summed E-state index contributed by atoms with van der Waals surface area (Å²) in [4.78, 5) is 13.6. The predicted molar refractivity (Wildman–Crippen MR) is 78.8 cm³/mol. The van der Waals surface area contributed by atoms with Crippen LogP contribution in [-0.2, 0) is 4.74 Å². The third kappa shape index (κ3) is 5.19. The largest absolute Gasteiger partial charge is 0.444 e. The molecular weight excluding hydrogens is 264 g/mol. The van der Waals surface area contributed by atoms with Gasteiger partial charge in [-0.05, 0) is 65.0 Å². The van der Waals surface area contributed by atoms with Crippen LogP contribution in [0.1, 0.15) is 40.0 Å². The van der Waals surface area contributed by atoms with Gasteiger partial charge in [-0.25, -0.2) is 4.79 Å². The summed E-state index contributed by atoms with van der Waals surface area (Å²) < 4.78 is 5.35. The lowest BCUT2D eigenvalue weighted by molar-refractivity contribution is -0.00496. The van der Waals surface area contributed by atoms with E-state index in [1.807, 2.05) is 25.7 Å². The first-order chi connectivity index (χ1) is 8.44. The maximum absolute atomic E-state index is 11.8. The van der Waals surface area contributed by atoms with Gasteiger partial charge in [-0.1, -0.05) is 0 Å². The van der Waals surface area contributed by atoms with E-state index in [0.717, 1.165) is 25.6 Å². The quantitative estimate of drug-likeness (QED) is 0.850. The Hall–Kier alpha value is -0.480. The van der Waals surface area contributed by atoms with Crippen molar-refractivity contribution in [1.82, 2.24) is 10.2 Å². The van der Waals surface area contributed by atoms with E-state index in [1.165, 1.54) is 25.8 Å². The molecule has 5 heteroatoms. The minimum Gasteiger partial charge on any atom is -0.444 e. The van der Waals surface area contributed by atoms with E-state index >= 15 is 0 Å². The van der Waals surface area contributed by atoms with Crippen LogP contribution in [0.3, 0.4) is 0 Å². The van der Waals surface area contributed by atoms with Crippen LogP contribution < -0.4 is 5.32 Å². The fourth-order valence-electron chi connectivity index (χ4n) is 2.79. The molecule has 2 rings (SSSR count). The zero-order valence-electron chi connectivity index (χ0n) is 12.3. The Morgan fingerprint density at radius 3 is 2.53 bits per heavy atom. The van der Waals surface area contributed by atoms with Gasteiger partial charge in [-0.2, -0.15) is 0 Å². The van der Waals surface area contributed by atoms with Gasteiger partial charge < -0.3 is 15.0 Å². The lowest BCUT2D eigenvalue weighted by Crippen LogP contribution is -2.52. The lowest BCUT2D eigenvalue weighted by Gasteiger charge is -2.41. The molecule has 0 aromatic carbocycles. The molecule has 0 spiro atoms. The smallest absolute Gasteiger partial charge is 0.410 e. The first-order valence-electron chi connectivity index (χ1n) is 7.13. The summed E-state index contributed by atoms with van der Waals surface area (Å²) in [5, 5.41) is 3.45.